The molecule has 2 heterocycles. The van der Waals surface area contributed by atoms with Crippen molar-refractivity contribution in [2.75, 3.05) is 11.9 Å². The van der Waals surface area contributed by atoms with Crippen molar-refractivity contribution in [3.63, 3.8) is 0 Å². The van der Waals surface area contributed by atoms with Crippen molar-refractivity contribution in [2.45, 2.75) is 19.9 Å². The van der Waals surface area contributed by atoms with E-state index >= 15 is 0 Å². The molecule has 0 aromatic carbocycles. The van der Waals surface area contributed by atoms with E-state index in [0.717, 1.165) is 12.2 Å². The zero-order valence-electron chi connectivity index (χ0n) is 11.5. The van der Waals surface area contributed by atoms with Gasteiger partial charge in [0.15, 0.2) is 0 Å². The highest BCUT2D eigenvalue weighted by molar-refractivity contribution is 5.92. The smallest absolute Gasteiger partial charge is 0.272 e. The fourth-order valence-electron chi connectivity index (χ4n) is 1.69. The number of amides is 1. The van der Waals surface area contributed by atoms with Crippen LogP contribution < -0.4 is 10.6 Å². The fraction of sp³-hybridized carbons (Fsp3) is 0.286. The average Bonchev–Trinajstić information content (AvgIpc) is 2.49. The summed E-state index contributed by atoms with van der Waals surface area (Å²) in [5.74, 6) is 0.389. The predicted molar refractivity (Wildman–Crippen MR) is 76.3 cm³/mol. The Morgan fingerprint density at radius 2 is 2.10 bits per heavy atom. The van der Waals surface area contributed by atoms with E-state index in [1.807, 2.05) is 32.0 Å². The minimum Gasteiger partial charge on any atom is -0.369 e. The molecule has 0 saturated heterocycles. The van der Waals surface area contributed by atoms with Gasteiger partial charge < -0.3 is 10.6 Å². The Labute approximate surface area is 117 Å². The van der Waals surface area contributed by atoms with Gasteiger partial charge in [0, 0.05) is 12.7 Å². The second-order valence-corrected chi connectivity index (χ2v) is 4.27. The van der Waals surface area contributed by atoms with E-state index in [4.69, 9.17) is 0 Å². The molecule has 1 atom stereocenters. The quantitative estimate of drug-likeness (QED) is 0.866. The number of nitrogens with zero attached hydrogens (tertiary/aromatic N) is 3. The number of hydrogen-bond donors (Lipinski definition) is 2. The van der Waals surface area contributed by atoms with Crippen molar-refractivity contribution in [1.82, 2.24) is 20.3 Å². The molecule has 0 spiro atoms. The molecular formula is C14H17N5O. The summed E-state index contributed by atoms with van der Waals surface area (Å²) in [5, 5.41) is 5.86. The van der Waals surface area contributed by atoms with Crippen molar-refractivity contribution in [2.24, 2.45) is 0 Å². The Bertz CT molecular complexity index is 556. The third kappa shape index (κ3) is 3.50. The van der Waals surface area contributed by atoms with E-state index in [1.54, 1.807) is 12.4 Å². The lowest BCUT2D eigenvalue weighted by Crippen LogP contribution is -2.28. The first-order valence-corrected chi connectivity index (χ1v) is 6.48. The standard InChI is InChI=1S/C14H17N5O/c1-3-15-13-9-17-12(8-18-13)14(20)19-10(2)11-6-4-5-7-16-11/h4-10H,3H2,1-2H3,(H,15,18)(H,19,20). The molecule has 6 heteroatoms. The molecule has 1 unspecified atom stereocenters. The molecule has 0 aliphatic carbocycles. The molecule has 0 fully saturated rings. The minimum atomic E-state index is -0.265. The van der Waals surface area contributed by atoms with Crippen molar-refractivity contribution < 1.29 is 4.79 Å². The van der Waals surface area contributed by atoms with E-state index in [2.05, 4.69) is 25.6 Å². The van der Waals surface area contributed by atoms with Crippen molar-refractivity contribution in [3.8, 4) is 0 Å². The van der Waals surface area contributed by atoms with Crippen LogP contribution in [0.15, 0.2) is 36.8 Å². The lowest BCUT2D eigenvalue weighted by molar-refractivity contribution is 0.0933. The number of pyridine rings is 1. The monoisotopic (exact) mass is 271 g/mol. The molecule has 0 radical (unpaired) electrons. The van der Waals surface area contributed by atoms with Crippen LogP contribution in [-0.2, 0) is 0 Å². The number of anilines is 1. The van der Waals surface area contributed by atoms with Gasteiger partial charge >= 0.3 is 0 Å². The molecular weight excluding hydrogens is 254 g/mol. The Hall–Kier alpha value is -2.50. The highest BCUT2D eigenvalue weighted by Gasteiger charge is 2.13. The Kier molecular flexibility index (Phi) is 4.60. The van der Waals surface area contributed by atoms with Gasteiger partial charge in [-0.3, -0.25) is 9.78 Å². The third-order valence-corrected chi connectivity index (χ3v) is 2.72. The van der Waals surface area contributed by atoms with Gasteiger partial charge in [-0.2, -0.15) is 0 Å². The van der Waals surface area contributed by atoms with Crippen LogP contribution in [0.5, 0.6) is 0 Å². The molecule has 20 heavy (non-hydrogen) atoms. The van der Waals surface area contributed by atoms with Crippen molar-refractivity contribution in [3.05, 3.63) is 48.2 Å². The van der Waals surface area contributed by atoms with Gasteiger partial charge in [-0.05, 0) is 26.0 Å². The number of carbonyl (C=O) groups is 1. The highest BCUT2D eigenvalue weighted by atomic mass is 16.1. The van der Waals surface area contributed by atoms with Crippen LogP contribution in [0.25, 0.3) is 0 Å². The SMILES string of the molecule is CCNc1cnc(C(=O)NC(C)c2ccccn2)cn1. The van der Waals surface area contributed by atoms with Crippen molar-refractivity contribution >= 4 is 11.7 Å². The molecule has 0 aliphatic heterocycles. The summed E-state index contributed by atoms with van der Waals surface area (Å²) >= 11 is 0. The normalized spacial score (nSPS) is 11.7. The Morgan fingerprint density at radius 3 is 2.70 bits per heavy atom. The van der Waals surface area contributed by atoms with E-state index in [9.17, 15) is 4.79 Å². The molecule has 2 aromatic heterocycles. The lowest BCUT2D eigenvalue weighted by Gasteiger charge is -2.12. The third-order valence-electron chi connectivity index (χ3n) is 2.72. The fourth-order valence-corrected chi connectivity index (χ4v) is 1.69. The first-order chi connectivity index (χ1) is 9.70. The van der Waals surface area contributed by atoms with Crippen LogP contribution >= 0.6 is 0 Å². The molecule has 2 rings (SSSR count). The van der Waals surface area contributed by atoms with Crippen LogP contribution in [0.3, 0.4) is 0 Å². The molecule has 1 amide bonds. The molecule has 2 aromatic rings. The maximum Gasteiger partial charge on any atom is 0.272 e. The van der Waals surface area contributed by atoms with E-state index < -0.39 is 0 Å². The minimum absolute atomic E-state index is 0.182. The van der Waals surface area contributed by atoms with Crippen molar-refractivity contribution in [1.29, 1.82) is 0 Å². The number of rotatable bonds is 5. The summed E-state index contributed by atoms with van der Waals surface area (Å²) < 4.78 is 0. The molecule has 0 bridgehead atoms. The van der Waals surface area contributed by atoms with Gasteiger partial charge in [0.2, 0.25) is 0 Å². The van der Waals surface area contributed by atoms with Gasteiger partial charge in [0.25, 0.3) is 5.91 Å². The Morgan fingerprint density at radius 1 is 1.25 bits per heavy atom. The topological polar surface area (TPSA) is 79.8 Å². The van der Waals surface area contributed by atoms with E-state index in [0.29, 0.717) is 5.82 Å². The molecule has 6 nitrogen and oxygen atoms in total. The van der Waals surface area contributed by atoms with Gasteiger partial charge in [-0.25, -0.2) is 9.97 Å². The van der Waals surface area contributed by atoms with E-state index in [-0.39, 0.29) is 17.6 Å². The molecule has 2 N–H and O–H groups in total. The first-order valence-electron chi connectivity index (χ1n) is 6.48. The number of aromatic nitrogens is 3. The largest absolute Gasteiger partial charge is 0.369 e. The van der Waals surface area contributed by atoms with Gasteiger partial charge in [-0.15, -0.1) is 0 Å². The maximum atomic E-state index is 12.0. The number of hydrogen-bond acceptors (Lipinski definition) is 5. The zero-order valence-corrected chi connectivity index (χ0v) is 11.5. The van der Waals surface area contributed by atoms with Crippen LogP contribution in [-0.4, -0.2) is 27.4 Å². The number of carbonyl (C=O) groups excluding carboxylic acids is 1. The molecule has 104 valence electrons. The summed E-state index contributed by atoms with van der Waals surface area (Å²) in [5.41, 5.74) is 1.09. The van der Waals surface area contributed by atoms with Crippen LogP contribution in [0.2, 0.25) is 0 Å². The average molecular weight is 271 g/mol. The molecule has 0 aliphatic rings. The second-order valence-electron chi connectivity index (χ2n) is 4.27. The summed E-state index contributed by atoms with van der Waals surface area (Å²) in [7, 11) is 0. The highest BCUT2D eigenvalue weighted by Crippen LogP contribution is 2.09. The van der Waals surface area contributed by atoms with Gasteiger partial charge in [0.05, 0.1) is 24.1 Å². The molecule has 0 saturated carbocycles. The number of nitrogens with one attached hydrogen (secondary N) is 2. The van der Waals surface area contributed by atoms with Gasteiger partial charge in [-0.1, -0.05) is 6.07 Å². The maximum absolute atomic E-state index is 12.0. The summed E-state index contributed by atoms with van der Waals surface area (Å²) in [6, 6.07) is 5.41. The zero-order chi connectivity index (χ0) is 14.4. The second kappa shape index (κ2) is 6.60. The van der Waals surface area contributed by atoms with E-state index in [1.165, 1.54) is 6.20 Å². The summed E-state index contributed by atoms with van der Waals surface area (Å²) in [6.45, 7) is 4.61. The van der Waals surface area contributed by atoms with Crippen LogP contribution in [0.4, 0.5) is 5.82 Å². The van der Waals surface area contributed by atoms with Crippen LogP contribution in [0, 0.1) is 0 Å². The first kappa shape index (κ1) is 13.9. The summed E-state index contributed by atoms with van der Waals surface area (Å²) in [6.07, 6.45) is 4.70. The van der Waals surface area contributed by atoms with Gasteiger partial charge in [0.1, 0.15) is 11.5 Å². The lowest BCUT2D eigenvalue weighted by atomic mass is 10.2. The van der Waals surface area contributed by atoms with Crippen LogP contribution in [0.1, 0.15) is 36.1 Å². The summed E-state index contributed by atoms with van der Waals surface area (Å²) in [4.78, 5) is 24.4. The predicted octanol–water partition coefficient (Wildman–Crippen LogP) is 1.79. The Balaban J connectivity index is 2.01.